The molecule has 6 heteroatoms. The second kappa shape index (κ2) is 9.08. The number of halogens is 1. The number of benzene rings is 2. The Hall–Kier alpha value is -2.53. The van der Waals surface area contributed by atoms with Gasteiger partial charge in [-0.15, -0.1) is 0 Å². The van der Waals surface area contributed by atoms with Crippen molar-refractivity contribution in [2.24, 2.45) is 0 Å². The van der Waals surface area contributed by atoms with Gasteiger partial charge in [-0.1, -0.05) is 30.7 Å². The van der Waals surface area contributed by atoms with E-state index in [0.29, 0.717) is 22.8 Å². The van der Waals surface area contributed by atoms with E-state index in [1.165, 1.54) is 0 Å². The lowest BCUT2D eigenvalue weighted by molar-refractivity contribution is -0.116. The van der Waals surface area contributed by atoms with Gasteiger partial charge in [-0.05, 0) is 49.2 Å². The molecule has 2 amide bonds. The third kappa shape index (κ3) is 6.12. The summed E-state index contributed by atoms with van der Waals surface area (Å²) in [6.45, 7) is 3.99. The van der Waals surface area contributed by atoms with Gasteiger partial charge in [0.05, 0.1) is 6.54 Å². The van der Waals surface area contributed by atoms with Crippen LogP contribution in [0.4, 0.5) is 17.1 Å². The predicted molar refractivity (Wildman–Crippen MR) is 103 cm³/mol. The molecule has 0 aliphatic carbocycles. The molecule has 0 fully saturated rings. The zero-order valence-corrected chi connectivity index (χ0v) is 15.1. The molecule has 25 heavy (non-hydrogen) atoms. The lowest BCUT2D eigenvalue weighted by Gasteiger charge is -2.10. The zero-order valence-electron chi connectivity index (χ0n) is 14.4. The van der Waals surface area contributed by atoms with Gasteiger partial charge in [-0.3, -0.25) is 9.59 Å². The van der Waals surface area contributed by atoms with Crippen LogP contribution in [-0.2, 0) is 9.59 Å². The van der Waals surface area contributed by atoms with Crippen LogP contribution in [0.2, 0.25) is 5.02 Å². The zero-order chi connectivity index (χ0) is 18.2. The van der Waals surface area contributed by atoms with Crippen molar-refractivity contribution in [3.05, 3.63) is 53.1 Å². The quantitative estimate of drug-likeness (QED) is 0.684. The summed E-state index contributed by atoms with van der Waals surface area (Å²) in [5, 5.41) is 9.29. The Morgan fingerprint density at radius 2 is 1.64 bits per heavy atom. The van der Waals surface area contributed by atoms with Gasteiger partial charge in [0.15, 0.2) is 0 Å². The smallest absolute Gasteiger partial charge is 0.243 e. The number of nitrogens with one attached hydrogen (secondary N) is 3. The minimum Gasteiger partial charge on any atom is -0.376 e. The fourth-order valence-electron chi connectivity index (χ4n) is 2.22. The van der Waals surface area contributed by atoms with E-state index in [4.69, 9.17) is 11.6 Å². The number of hydrogen-bond donors (Lipinski definition) is 3. The van der Waals surface area contributed by atoms with E-state index in [0.717, 1.165) is 17.7 Å². The van der Waals surface area contributed by atoms with Crippen molar-refractivity contribution in [2.75, 3.05) is 22.5 Å². The molecule has 0 radical (unpaired) electrons. The molecule has 0 spiro atoms. The van der Waals surface area contributed by atoms with Gasteiger partial charge >= 0.3 is 0 Å². The molecule has 0 saturated heterocycles. The van der Waals surface area contributed by atoms with Gasteiger partial charge in [0.2, 0.25) is 11.8 Å². The Bertz CT molecular complexity index is 762. The number of hydrogen-bond acceptors (Lipinski definition) is 3. The molecule has 0 atom stereocenters. The first-order chi connectivity index (χ1) is 12.0. The molecule has 0 bridgehead atoms. The average molecular weight is 360 g/mol. The van der Waals surface area contributed by atoms with Crippen molar-refractivity contribution in [3.63, 3.8) is 0 Å². The molecule has 3 N–H and O–H groups in total. The maximum Gasteiger partial charge on any atom is 0.243 e. The molecule has 0 aliphatic heterocycles. The first-order valence-corrected chi connectivity index (χ1v) is 8.55. The minimum atomic E-state index is -0.186. The lowest BCUT2D eigenvalue weighted by Crippen LogP contribution is -2.21. The standard InChI is InChI=1S/C19H22ClN3O2/c1-3-5-18(24)22-15-6-4-7-16(10-15)23-19(25)12-21-14-9-8-13(2)17(20)11-14/h4,6-11,21H,3,5,12H2,1-2H3,(H,22,24)(H,23,25). The highest BCUT2D eigenvalue weighted by atomic mass is 35.5. The minimum absolute atomic E-state index is 0.0381. The Morgan fingerprint density at radius 1 is 0.960 bits per heavy atom. The van der Waals surface area contributed by atoms with Crippen LogP contribution in [0.15, 0.2) is 42.5 Å². The maximum absolute atomic E-state index is 12.1. The number of carbonyl (C=O) groups excluding carboxylic acids is 2. The number of anilines is 3. The van der Waals surface area contributed by atoms with Crippen molar-refractivity contribution >= 4 is 40.5 Å². The first-order valence-electron chi connectivity index (χ1n) is 8.17. The summed E-state index contributed by atoms with van der Waals surface area (Å²) in [5.74, 6) is -0.224. The number of rotatable bonds is 7. The van der Waals surface area contributed by atoms with Gasteiger partial charge in [0, 0.05) is 28.5 Å². The maximum atomic E-state index is 12.1. The summed E-state index contributed by atoms with van der Waals surface area (Å²) in [6, 6.07) is 12.6. The molecule has 2 aromatic rings. The first kappa shape index (κ1) is 18.8. The highest BCUT2D eigenvalue weighted by molar-refractivity contribution is 6.31. The van der Waals surface area contributed by atoms with E-state index in [1.807, 2.05) is 26.0 Å². The van der Waals surface area contributed by atoms with Crippen LogP contribution in [0.1, 0.15) is 25.3 Å². The van der Waals surface area contributed by atoms with E-state index in [9.17, 15) is 9.59 Å². The van der Waals surface area contributed by atoms with Crippen LogP contribution in [0.25, 0.3) is 0 Å². The molecule has 0 aliphatic rings. The fourth-order valence-corrected chi connectivity index (χ4v) is 2.40. The van der Waals surface area contributed by atoms with Gasteiger partial charge < -0.3 is 16.0 Å². The highest BCUT2D eigenvalue weighted by Crippen LogP contribution is 2.20. The second-order valence-corrected chi connectivity index (χ2v) is 6.15. The summed E-state index contributed by atoms with van der Waals surface area (Å²) in [5.41, 5.74) is 3.06. The van der Waals surface area contributed by atoms with Crippen molar-refractivity contribution in [2.45, 2.75) is 26.7 Å². The predicted octanol–water partition coefficient (Wildman–Crippen LogP) is 4.44. The van der Waals surface area contributed by atoms with Gasteiger partial charge in [0.25, 0.3) is 0 Å². The molecule has 2 aromatic carbocycles. The summed E-state index contributed by atoms with van der Waals surface area (Å²) in [7, 11) is 0. The van der Waals surface area contributed by atoms with Crippen LogP contribution >= 0.6 is 11.6 Å². The molecule has 0 heterocycles. The SMILES string of the molecule is CCCC(=O)Nc1cccc(NC(=O)CNc2ccc(C)c(Cl)c2)c1. The molecule has 0 aromatic heterocycles. The average Bonchev–Trinajstić information content (AvgIpc) is 2.56. The van der Waals surface area contributed by atoms with Gasteiger partial charge in [-0.25, -0.2) is 0 Å². The van der Waals surface area contributed by atoms with E-state index < -0.39 is 0 Å². The Morgan fingerprint density at radius 3 is 2.28 bits per heavy atom. The van der Waals surface area contributed by atoms with Crippen molar-refractivity contribution < 1.29 is 9.59 Å². The third-order valence-electron chi connectivity index (χ3n) is 3.53. The van der Waals surface area contributed by atoms with Crippen molar-refractivity contribution in [1.29, 1.82) is 0 Å². The summed E-state index contributed by atoms with van der Waals surface area (Å²) in [4.78, 5) is 23.7. The molecule has 2 rings (SSSR count). The molecule has 0 saturated carbocycles. The van der Waals surface area contributed by atoms with Crippen LogP contribution in [0.3, 0.4) is 0 Å². The largest absolute Gasteiger partial charge is 0.376 e. The molecule has 5 nitrogen and oxygen atoms in total. The molecule has 132 valence electrons. The van der Waals surface area contributed by atoms with E-state index in [2.05, 4.69) is 16.0 Å². The van der Waals surface area contributed by atoms with E-state index in [1.54, 1.807) is 30.3 Å². The summed E-state index contributed by atoms with van der Waals surface area (Å²) < 4.78 is 0. The Kier molecular flexibility index (Phi) is 6.83. The monoisotopic (exact) mass is 359 g/mol. The van der Waals surface area contributed by atoms with Gasteiger partial charge in [0.1, 0.15) is 0 Å². The van der Waals surface area contributed by atoms with Crippen molar-refractivity contribution in [3.8, 4) is 0 Å². The van der Waals surface area contributed by atoms with Crippen LogP contribution in [-0.4, -0.2) is 18.4 Å². The third-order valence-corrected chi connectivity index (χ3v) is 3.94. The number of carbonyl (C=O) groups is 2. The lowest BCUT2D eigenvalue weighted by atomic mass is 10.2. The second-order valence-electron chi connectivity index (χ2n) is 5.74. The number of amides is 2. The molecular weight excluding hydrogens is 338 g/mol. The summed E-state index contributed by atoms with van der Waals surface area (Å²) in [6.07, 6.45) is 1.26. The molecule has 0 unspecified atom stereocenters. The van der Waals surface area contributed by atoms with Gasteiger partial charge in [-0.2, -0.15) is 0 Å². The number of aryl methyl sites for hydroxylation is 1. The fraction of sp³-hybridized carbons (Fsp3) is 0.263. The van der Waals surface area contributed by atoms with E-state index >= 15 is 0 Å². The van der Waals surface area contributed by atoms with Crippen molar-refractivity contribution in [1.82, 2.24) is 0 Å². The highest BCUT2D eigenvalue weighted by Gasteiger charge is 2.06. The Balaban J connectivity index is 1.89. The summed E-state index contributed by atoms with van der Waals surface area (Å²) >= 11 is 6.07. The topological polar surface area (TPSA) is 70.2 Å². The van der Waals surface area contributed by atoms with Crippen LogP contribution in [0.5, 0.6) is 0 Å². The van der Waals surface area contributed by atoms with Crippen LogP contribution < -0.4 is 16.0 Å². The Labute approximate surface area is 152 Å². The van der Waals surface area contributed by atoms with Crippen LogP contribution in [0, 0.1) is 6.92 Å². The molecular formula is C19H22ClN3O2. The normalized spacial score (nSPS) is 10.2. The van der Waals surface area contributed by atoms with E-state index in [-0.39, 0.29) is 18.4 Å².